The predicted molar refractivity (Wildman–Crippen MR) is 125 cm³/mol. The Labute approximate surface area is 177 Å². The Morgan fingerprint density at radius 2 is 2.00 bits per heavy atom. The molecule has 3 saturated heterocycles. The first-order chi connectivity index (χ1) is 13.7. The number of benzene rings is 1. The highest BCUT2D eigenvalue weighted by molar-refractivity contribution is 6.74. The van der Waals surface area contributed by atoms with E-state index >= 15 is 0 Å². The molecule has 0 amide bonds. The van der Waals surface area contributed by atoms with Crippen molar-refractivity contribution in [3.63, 3.8) is 0 Å². The van der Waals surface area contributed by atoms with E-state index < -0.39 is 8.32 Å². The molecule has 3 aliphatic rings. The molecule has 0 radical (unpaired) electrons. The standard InChI is InChI=1S/C25H36N2OSi/c1-7-18-17-27-15-13-19(18)16-23(27)24(28-29(5,6)25(2,3)4)21-12-14-26-22-11-9-8-10-20(21)22/h7-12,14,18-19,23-24H,1,13,15-17H2,2-6H3/t18-,19-,23-,24+/m0/s1. The molecule has 2 bridgehead atoms. The maximum absolute atomic E-state index is 7.20. The van der Waals surface area contributed by atoms with Crippen molar-refractivity contribution in [3.05, 3.63) is 54.7 Å². The van der Waals surface area contributed by atoms with Crippen LogP contribution in [0.3, 0.4) is 0 Å². The normalized spacial score (nSPS) is 28.4. The lowest BCUT2D eigenvalue weighted by atomic mass is 9.73. The van der Waals surface area contributed by atoms with Crippen LogP contribution in [0.25, 0.3) is 10.9 Å². The Morgan fingerprint density at radius 1 is 1.24 bits per heavy atom. The van der Waals surface area contributed by atoms with Gasteiger partial charge in [0.15, 0.2) is 8.32 Å². The van der Waals surface area contributed by atoms with E-state index in [0.29, 0.717) is 12.0 Å². The second-order valence-corrected chi connectivity index (χ2v) is 15.2. The first-order valence-electron chi connectivity index (χ1n) is 11.1. The number of aromatic nitrogens is 1. The van der Waals surface area contributed by atoms with Gasteiger partial charge in [-0.2, -0.15) is 0 Å². The van der Waals surface area contributed by atoms with Crippen LogP contribution in [0.1, 0.15) is 45.3 Å². The maximum atomic E-state index is 7.20. The van der Waals surface area contributed by atoms with E-state index in [0.717, 1.165) is 18.0 Å². The van der Waals surface area contributed by atoms with Crippen molar-refractivity contribution in [2.24, 2.45) is 11.8 Å². The smallest absolute Gasteiger partial charge is 0.192 e. The molecule has 4 heteroatoms. The molecule has 0 aliphatic carbocycles. The fraction of sp³-hybridized carbons (Fsp3) is 0.560. The number of hydrogen-bond donors (Lipinski definition) is 0. The summed E-state index contributed by atoms with van der Waals surface area (Å²) in [5.41, 5.74) is 2.38. The van der Waals surface area contributed by atoms with E-state index in [9.17, 15) is 0 Å². The number of rotatable bonds is 5. The van der Waals surface area contributed by atoms with Crippen LogP contribution in [-0.4, -0.2) is 37.3 Å². The maximum Gasteiger partial charge on any atom is 0.192 e. The summed E-state index contributed by atoms with van der Waals surface area (Å²) in [5, 5.41) is 1.42. The lowest BCUT2D eigenvalue weighted by Crippen LogP contribution is -2.57. The van der Waals surface area contributed by atoms with Gasteiger partial charge in [0.2, 0.25) is 0 Å². The summed E-state index contributed by atoms with van der Waals surface area (Å²) in [6.07, 6.45) is 6.72. The Balaban J connectivity index is 1.77. The molecule has 1 aromatic heterocycles. The average molecular weight is 409 g/mol. The van der Waals surface area contributed by atoms with Crippen molar-refractivity contribution >= 4 is 19.2 Å². The molecule has 1 aromatic carbocycles. The Morgan fingerprint density at radius 3 is 2.66 bits per heavy atom. The number of hydrogen-bond acceptors (Lipinski definition) is 3. The predicted octanol–water partition coefficient (Wildman–Crippen LogP) is 6.19. The second-order valence-electron chi connectivity index (χ2n) is 10.5. The molecule has 2 aromatic rings. The van der Waals surface area contributed by atoms with Crippen molar-refractivity contribution in [1.82, 2.24) is 9.88 Å². The highest BCUT2D eigenvalue weighted by Gasteiger charge is 2.47. The van der Waals surface area contributed by atoms with E-state index in [1.807, 2.05) is 6.20 Å². The first-order valence-corrected chi connectivity index (χ1v) is 14.0. The highest BCUT2D eigenvalue weighted by atomic mass is 28.4. The zero-order valence-electron chi connectivity index (χ0n) is 18.7. The minimum absolute atomic E-state index is 0.0948. The third-order valence-corrected chi connectivity index (χ3v) is 12.2. The van der Waals surface area contributed by atoms with Crippen LogP contribution in [0.5, 0.6) is 0 Å². The van der Waals surface area contributed by atoms with Gasteiger partial charge >= 0.3 is 0 Å². The minimum Gasteiger partial charge on any atom is -0.408 e. The molecule has 0 saturated carbocycles. The van der Waals surface area contributed by atoms with Crippen LogP contribution < -0.4 is 0 Å². The summed E-state index contributed by atoms with van der Waals surface area (Å²) in [6.45, 7) is 18.2. The number of nitrogens with zero attached hydrogens (tertiary/aromatic N) is 2. The number of piperidine rings is 3. The van der Waals surface area contributed by atoms with Gasteiger partial charge in [-0.15, -0.1) is 6.58 Å². The summed E-state index contributed by atoms with van der Waals surface area (Å²) >= 11 is 0. The second kappa shape index (κ2) is 7.64. The lowest BCUT2D eigenvalue weighted by molar-refractivity contribution is -0.0398. The van der Waals surface area contributed by atoms with E-state index in [4.69, 9.17) is 4.43 Å². The van der Waals surface area contributed by atoms with Gasteiger partial charge in [0, 0.05) is 24.2 Å². The van der Waals surface area contributed by atoms with Gasteiger partial charge in [0.25, 0.3) is 0 Å². The summed E-state index contributed by atoms with van der Waals surface area (Å²) in [5.74, 6) is 1.36. The zero-order valence-corrected chi connectivity index (χ0v) is 19.7. The minimum atomic E-state index is -1.94. The average Bonchev–Trinajstić information content (AvgIpc) is 2.71. The fourth-order valence-electron chi connectivity index (χ4n) is 4.90. The zero-order chi connectivity index (χ0) is 20.8. The number of fused-ring (bicyclic) bond motifs is 4. The molecule has 0 N–H and O–H groups in total. The van der Waals surface area contributed by atoms with Gasteiger partial charge in [-0.3, -0.25) is 9.88 Å². The molecule has 3 nitrogen and oxygen atoms in total. The topological polar surface area (TPSA) is 25.4 Å². The quantitative estimate of drug-likeness (QED) is 0.435. The van der Waals surface area contributed by atoms with Crippen molar-refractivity contribution in [2.45, 2.75) is 63.9 Å². The molecule has 0 spiro atoms. The van der Waals surface area contributed by atoms with Crippen LogP contribution >= 0.6 is 0 Å². The van der Waals surface area contributed by atoms with Crippen molar-refractivity contribution in [1.29, 1.82) is 0 Å². The summed E-state index contributed by atoms with van der Waals surface area (Å²) < 4.78 is 7.20. The van der Waals surface area contributed by atoms with Crippen LogP contribution in [0.15, 0.2) is 49.2 Å². The van der Waals surface area contributed by atoms with Gasteiger partial charge in [-0.25, -0.2) is 0 Å². The van der Waals surface area contributed by atoms with Crippen LogP contribution in [0, 0.1) is 11.8 Å². The van der Waals surface area contributed by atoms with E-state index in [-0.39, 0.29) is 11.1 Å². The molecule has 156 valence electrons. The molecular formula is C25H36N2OSi. The molecule has 3 fully saturated rings. The van der Waals surface area contributed by atoms with E-state index in [1.54, 1.807) is 0 Å². The van der Waals surface area contributed by atoms with E-state index in [1.165, 1.54) is 30.3 Å². The lowest BCUT2D eigenvalue weighted by Gasteiger charge is -2.53. The SMILES string of the molecule is C=C[C@H]1CN2CC[C@H]1C[C@H]2[C@H](O[Si](C)(C)C(C)(C)C)c1ccnc2ccccc12. The van der Waals surface area contributed by atoms with Crippen molar-refractivity contribution < 1.29 is 4.43 Å². The van der Waals surface area contributed by atoms with Gasteiger partial charge < -0.3 is 4.43 Å². The molecule has 5 rings (SSSR count). The fourth-order valence-corrected chi connectivity index (χ4v) is 6.17. The molecular weight excluding hydrogens is 372 g/mol. The molecule has 1 unspecified atom stereocenters. The summed E-state index contributed by atoms with van der Waals surface area (Å²) in [4.78, 5) is 7.30. The monoisotopic (exact) mass is 408 g/mol. The van der Waals surface area contributed by atoms with Crippen LogP contribution in [0.2, 0.25) is 18.1 Å². The molecule has 29 heavy (non-hydrogen) atoms. The van der Waals surface area contributed by atoms with Crippen LogP contribution in [0.4, 0.5) is 0 Å². The first kappa shape index (κ1) is 20.8. The Hall–Kier alpha value is -1.49. The molecule has 4 heterocycles. The molecule has 5 atom stereocenters. The van der Waals surface area contributed by atoms with Crippen molar-refractivity contribution in [2.75, 3.05) is 13.1 Å². The largest absolute Gasteiger partial charge is 0.408 e. The third-order valence-electron chi connectivity index (χ3n) is 7.72. The highest BCUT2D eigenvalue weighted by Crippen LogP contribution is 2.47. The van der Waals surface area contributed by atoms with Gasteiger partial charge in [0.05, 0.1) is 11.6 Å². The van der Waals surface area contributed by atoms with Crippen molar-refractivity contribution in [3.8, 4) is 0 Å². The van der Waals surface area contributed by atoms with Gasteiger partial charge in [0.1, 0.15) is 0 Å². The van der Waals surface area contributed by atoms with E-state index in [2.05, 4.69) is 86.7 Å². The number of pyridine rings is 1. The van der Waals surface area contributed by atoms with Gasteiger partial charge in [-0.1, -0.05) is 45.0 Å². The van der Waals surface area contributed by atoms with Gasteiger partial charge in [-0.05, 0) is 67.1 Å². The summed E-state index contributed by atoms with van der Waals surface area (Å²) in [7, 11) is -1.94. The summed E-state index contributed by atoms with van der Waals surface area (Å²) in [6, 6.07) is 11.2. The molecule has 3 aliphatic heterocycles. The Bertz CT molecular complexity index is 883. The third kappa shape index (κ3) is 3.83. The number of para-hydroxylation sites is 1. The Kier molecular flexibility index (Phi) is 5.47. The van der Waals surface area contributed by atoms with Crippen LogP contribution in [-0.2, 0) is 4.43 Å².